The van der Waals surface area contributed by atoms with E-state index >= 15 is 0 Å². The molecule has 0 saturated heterocycles. The molecule has 1 aliphatic carbocycles. The van der Waals surface area contributed by atoms with E-state index in [9.17, 15) is 0 Å². The normalized spacial score (nSPS) is 14.5. The molecule has 2 nitrogen and oxygen atoms in total. The average Bonchev–Trinajstić information content (AvgIpc) is 3.26. The SMILES string of the molecule is Cc1ccc(Sc2ncc(CNC3CC3)cc2C)cc1. The van der Waals surface area contributed by atoms with Crippen LogP contribution in [0.4, 0.5) is 0 Å². The number of aryl methyl sites for hydroxylation is 2. The highest BCUT2D eigenvalue weighted by Crippen LogP contribution is 2.29. The van der Waals surface area contributed by atoms with E-state index in [0.717, 1.165) is 17.6 Å². The fourth-order valence-electron chi connectivity index (χ4n) is 2.09. The predicted octanol–water partition coefficient (Wildman–Crippen LogP) is 4.10. The van der Waals surface area contributed by atoms with Crippen molar-refractivity contribution in [3.8, 4) is 0 Å². The largest absolute Gasteiger partial charge is 0.310 e. The number of hydrogen-bond donors (Lipinski definition) is 1. The van der Waals surface area contributed by atoms with Crippen molar-refractivity contribution in [1.82, 2.24) is 10.3 Å². The van der Waals surface area contributed by atoms with Crippen LogP contribution in [0.2, 0.25) is 0 Å². The van der Waals surface area contributed by atoms with E-state index in [2.05, 4.69) is 54.5 Å². The lowest BCUT2D eigenvalue weighted by molar-refractivity contribution is 0.684. The maximum Gasteiger partial charge on any atom is 0.104 e. The van der Waals surface area contributed by atoms with Gasteiger partial charge in [0.2, 0.25) is 0 Å². The lowest BCUT2D eigenvalue weighted by Crippen LogP contribution is -2.15. The van der Waals surface area contributed by atoms with E-state index in [4.69, 9.17) is 0 Å². The van der Waals surface area contributed by atoms with Crippen LogP contribution in [0.1, 0.15) is 29.5 Å². The molecule has 1 saturated carbocycles. The third-order valence-corrected chi connectivity index (χ3v) is 4.62. The molecule has 1 N–H and O–H groups in total. The summed E-state index contributed by atoms with van der Waals surface area (Å²) in [5.74, 6) is 0. The van der Waals surface area contributed by atoms with Crippen molar-refractivity contribution in [2.75, 3.05) is 0 Å². The molecule has 0 aliphatic heterocycles. The highest BCUT2D eigenvalue weighted by molar-refractivity contribution is 7.99. The van der Waals surface area contributed by atoms with E-state index < -0.39 is 0 Å². The number of aromatic nitrogens is 1. The van der Waals surface area contributed by atoms with Crippen molar-refractivity contribution in [2.45, 2.75) is 49.2 Å². The van der Waals surface area contributed by atoms with Crippen molar-refractivity contribution < 1.29 is 0 Å². The fraction of sp³-hybridized carbons (Fsp3) is 0.353. The Morgan fingerprint density at radius 1 is 1.20 bits per heavy atom. The second-order valence-corrected chi connectivity index (χ2v) is 6.60. The number of hydrogen-bond acceptors (Lipinski definition) is 3. The number of benzene rings is 1. The first-order valence-corrected chi connectivity index (χ1v) is 7.96. The minimum atomic E-state index is 0.747. The molecule has 0 radical (unpaired) electrons. The molecule has 1 fully saturated rings. The smallest absolute Gasteiger partial charge is 0.104 e. The third kappa shape index (κ3) is 3.62. The van der Waals surface area contributed by atoms with Gasteiger partial charge in [0.05, 0.1) is 0 Å². The van der Waals surface area contributed by atoms with Crippen LogP contribution in [0.15, 0.2) is 46.5 Å². The molecule has 1 aromatic heterocycles. The molecule has 20 heavy (non-hydrogen) atoms. The average molecular weight is 284 g/mol. The molecule has 0 atom stereocenters. The van der Waals surface area contributed by atoms with Crippen molar-refractivity contribution in [1.29, 1.82) is 0 Å². The maximum atomic E-state index is 4.62. The fourth-order valence-corrected chi connectivity index (χ4v) is 2.91. The molecule has 1 heterocycles. The van der Waals surface area contributed by atoms with Crippen LogP contribution in [0.3, 0.4) is 0 Å². The van der Waals surface area contributed by atoms with Crippen LogP contribution >= 0.6 is 11.8 Å². The maximum absolute atomic E-state index is 4.62. The topological polar surface area (TPSA) is 24.9 Å². The second-order valence-electron chi connectivity index (χ2n) is 5.54. The van der Waals surface area contributed by atoms with E-state index in [1.165, 1.54) is 34.4 Å². The Morgan fingerprint density at radius 2 is 1.95 bits per heavy atom. The van der Waals surface area contributed by atoms with Crippen LogP contribution < -0.4 is 5.32 Å². The van der Waals surface area contributed by atoms with Crippen molar-refractivity contribution >= 4 is 11.8 Å². The highest BCUT2D eigenvalue weighted by atomic mass is 32.2. The van der Waals surface area contributed by atoms with Gasteiger partial charge in [-0.2, -0.15) is 0 Å². The van der Waals surface area contributed by atoms with Gasteiger partial charge in [-0.1, -0.05) is 35.5 Å². The van der Waals surface area contributed by atoms with E-state index in [-0.39, 0.29) is 0 Å². The van der Waals surface area contributed by atoms with Gasteiger partial charge < -0.3 is 5.32 Å². The second kappa shape index (κ2) is 5.98. The molecule has 0 spiro atoms. The minimum Gasteiger partial charge on any atom is -0.310 e. The first-order chi connectivity index (χ1) is 9.70. The summed E-state index contributed by atoms with van der Waals surface area (Å²) in [5, 5.41) is 4.63. The number of rotatable bonds is 5. The zero-order valence-corrected chi connectivity index (χ0v) is 12.8. The molecular formula is C17H20N2S. The van der Waals surface area contributed by atoms with Crippen LogP contribution in [-0.2, 0) is 6.54 Å². The summed E-state index contributed by atoms with van der Waals surface area (Å²) < 4.78 is 0. The Kier molecular flexibility index (Phi) is 4.08. The number of nitrogens with one attached hydrogen (secondary N) is 1. The number of pyridine rings is 1. The van der Waals surface area contributed by atoms with Crippen molar-refractivity contribution in [2.24, 2.45) is 0 Å². The Hall–Kier alpha value is -1.32. The summed E-state index contributed by atoms with van der Waals surface area (Å²) in [6.07, 6.45) is 4.65. The Labute approximate surface area is 125 Å². The Bertz CT molecular complexity index is 588. The zero-order chi connectivity index (χ0) is 13.9. The Balaban J connectivity index is 1.68. The van der Waals surface area contributed by atoms with Gasteiger partial charge in [-0.15, -0.1) is 0 Å². The summed E-state index contributed by atoms with van der Waals surface area (Å²) in [6, 6.07) is 11.6. The van der Waals surface area contributed by atoms with Crippen LogP contribution in [0.25, 0.3) is 0 Å². The van der Waals surface area contributed by atoms with Gasteiger partial charge in [0, 0.05) is 23.7 Å². The van der Waals surface area contributed by atoms with Gasteiger partial charge in [-0.3, -0.25) is 0 Å². The lowest BCUT2D eigenvalue weighted by atomic mass is 10.2. The van der Waals surface area contributed by atoms with Gasteiger partial charge in [-0.25, -0.2) is 4.98 Å². The molecule has 1 aromatic carbocycles. The van der Waals surface area contributed by atoms with Gasteiger partial charge in [0.25, 0.3) is 0 Å². The molecule has 0 unspecified atom stereocenters. The Morgan fingerprint density at radius 3 is 2.60 bits per heavy atom. The molecule has 0 bridgehead atoms. The van der Waals surface area contributed by atoms with Gasteiger partial charge >= 0.3 is 0 Å². The van der Waals surface area contributed by atoms with Crippen LogP contribution in [-0.4, -0.2) is 11.0 Å². The predicted molar refractivity (Wildman–Crippen MR) is 84.1 cm³/mol. The molecule has 0 amide bonds. The summed E-state index contributed by atoms with van der Waals surface area (Å²) in [4.78, 5) is 5.86. The van der Waals surface area contributed by atoms with Crippen molar-refractivity contribution in [3.05, 3.63) is 53.2 Å². The lowest BCUT2D eigenvalue weighted by Gasteiger charge is -2.08. The van der Waals surface area contributed by atoms with E-state index in [0.29, 0.717) is 0 Å². The zero-order valence-electron chi connectivity index (χ0n) is 12.0. The molecule has 104 valence electrons. The number of nitrogens with zero attached hydrogens (tertiary/aromatic N) is 1. The minimum absolute atomic E-state index is 0.747. The first kappa shape index (κ1) is 13.7. The van der Waals surface area contributed by atoms with Crippen LogP contribution in [0.5, 0.6) is 0 Å². The van der Waals surface area contributed by atoms with E-state index in [1.54, 1.807) is 11.8 Å². The van der Waals surface area contributed by atoms with Crippen molar-refractivity contribution in [3.63, 3.8) is 0 Å². The molecule has 2 aromatic rings. The van der Waals surface area contributed by atoms with Gasteiger partial charge in [0.1, 0.15) is 5.03 Å². The standard InChI is InChI=1S/C17H20N2S/c1-12-3-7-16(8-4-12)20-17-13(2)9-14(11-19-17)10-18-15-5-6-15/h3-4,7-9,11,15,18H,5-6,10H2,1-2H3. The molecule has 1 aliphatic rings. The summed E-state index contributed by atoms with van der Waals surface area (Å²) in [7, 11) is 0. The molecule has 3 heteroatoms. The van der Waals surface area contributed by atoms with Gasteiger partial charge in [-0.05, 0) is 49.9 Å². The highest BCUT2D eigenvalue weighted by Gasteiger charge is 2.20. The third-order valence-electron chi connectivity index (χ3n) is 3.49. The van der Waals surface area contributed by atoms with Gasteiger partial charge in [0.15, 0.2) is 0 Å². The molecule has 3 rings (SSSR count). The quantitative estimate of drug-likeness (QED) is 0.894. The summed E-state index contributed by atoms with van der Waals surface area (Å²) >= 11 is 1.74. The van der Waals surface area contributed by atoms with E-state index in [1.807, 2.05) is 6.20 Å². The molecular weight excluding hydrogens is 264 g/mol. The first-order valence-electron chi connectivity index (χ1n) is 7.14. The van der Waals surface area contributed by atoms with Crippen LogP contribution in [0, 0.1) is 13.8 Å². The summed E-state index contributed by atoms with van der Waals surface area (Å²) in [6.45, 7) is 5.19. The summed E-state index contributed by atoms with van der Waals surface area (Å²) in [5.41, 5.74) is 3.83. The monoisotopic (exact) mass is 284 g/mol.